The number of benzene rings is 2. The third-order valence-corrected chi connectivity index (χ3v) is 5.93. The standard InChI is InChI=1S/C19H22N2O3S/c1-13(2)21-25(23,24)16-10-7-15(8-11-16)19(22)20-18-12-9-14-5-3-4-6-17(14)18/h3-8,10-11,13,18,21H,9,12H2,1-2H3,(H,20,22). The minimum absolute atomic E-state index is 0.00900. The molecule has 0 bridgehead atoms. The summed E-state index contributed by atoms with van der Waals surface area (Å²) in [5.41, 5.74) is 2.89. The van der Waals surface area contributed by atoms with Crippen LogP contribution in [0.4, 0.5) is 0 Å². The highest BCUT2D eigenvalue weighted by Gasteiger charge is 2.24. The number of fused-ring (bicyclic) bond motifs is 1. The summed E-state index contributed by atoms with van der Waals surface area (Å²) in [6.07, 6.45) is 1.84. The zero-order chi connectivity index (χ0) is 18.0. The van der Waals surface area contributed by atoms with Gasteiger partial charge in [-0.25, -0.2) is 13.1 Å². The number of rotatable bonds is 5. The predicted molar refractivity (Wildman–Crippen MR) is 96.9 cm³/mol. The highest BCUT2D eigenvalue weighted by molar-refractivity contribution is 7.89. The first-order valence-electron chi connectivity index (χ1n) is 8.38. The van der Waals surface area contributed by atoms with Gasteiger partial charge in [-0.2, -0.15) is 0 Å². The lowest BCUT2D eigenvalue weighted by Crippen LogP contribution is -2.30. The first-order chi connectivity index (χ1) is 11.9. The summed E-state index contributed by atoms with van der Waals surface area (Å²) in [7, 11) is -3.55. The Balaban J connectivity index is 1.72. The smallest absolute Gasteiger partial charge is 0.251 e. The van der Waals surface area contributed by atoms with Gasteiger partial charge in [-0.3, -0.25) is 4.79 Å². The van der Waals surface area contributed by atoms with Gasteiger partial charge in [0.05, 0.1) is 10.9 Å². The number of nitrogens with one attached hydrogen (secondary N) is 2. The SMILES string of the molecule is CC(C)NS(=O)(=O)c1ccc(C(=O)NC2CCc3ccccc32)cc1. The van der Waals surface area contributed by atoms with Crippen molar-refractivity contribution in [1.29, 1.82) is 0 Å². The minimum Gasteiger partial charge on any atom is -0.345 e. The van der Waals surface area contributed by atoms with E-state index in [4.69, 9.17) is 0 Å². The molecule has 6 heteroatoms. The molecule has 0 aromatic heterocycles. The second kappa shape index (κ2) is 6.98. The van der Waals surface area contributed by atoms with Gasteiger partial charge in [0.2, 0.25) is 10.0 Å². The van der Waals surface area contributed by atoms with Crippen molar-refractivity contribution in [2.75, 3.05) is 0 Å². The number of hydrogen-bond donors (Lipinski definition) is 2. The highest BCUT2D eigenvalue weighted by atomic mass is 32.2. The number of aryl methyl sites for hydroxylation is 1. The Bertz CT molecular complexity index is 874. The Morgan fingerprint density at radius 1 is 1.08 bits per heavy atom. The fraction of sp³-hybridized carbons (Fsp3) is 0.316. The van der Waals surface area contributed by atoms with E-state index in [-0.39, 0.29) is 22.9 Å². The topological polar surface area (TPSA) is 75.3 Å². The van der Waals surface area contributed by atoms with Crippen molar-refractivity contribution in [1.82, 2.24) is 10.0 Å². The van der Waals surface area contributed by atoms with Crippen LogP contribution in [-0.2, 0) is 16.4 Å². The fourth-order valence-electron chi connectivity index (χ4n) is 3.11. The van der Waals surface area contributed by atoms with E-state index in [1.807, 2.05) is 18.2 Å². The van der Waals surface area contributed by atoms with Crippen LogP contribution in [0.5, 0.6) is 0 Å². The summed E-state index contributed by atoms with van der Waals surface area (Å²) >= 11 is 0. The number of carbonyl (C=O) groups is 1. The maximum absolute atomic E-state index is 12.5. The van der Waals surface area contributed by atoms with E-state index in [1.165, 1.54) is 17.7 Å². The lowest BCUT2D eigenvalue weighted by atomic mass is 10.1. The molecule has 1 unspecified atom stereocenters. The molecule has 3 rings (SSSR count). The van der Waals surface area contributed by atoms with Gasteiger partial charge in [0.15, 0.2) is 0 Å². The molecule has 0 heterocycles. The average molecular weight is 358 g/mol. The van der Waals surface area contributed by atoms with E-state index in [0.29, 0.717) is 5.56 Å². The lowest BCUT2D eigenvalue weighted by molar-refractivity contribution is 0.0936. The molecule has 0 saturated carbocycles. The number of amides is 1. The second-order valence-electron chi connectivity index (χ2n) is 6.56. The average Bonchev–Trinajstić information content (AvgIpc) is 2.97. The van der Waals surface area contributed by atoms with Gasteiger partial charge in [-0.05, 0) is 62.1 Å². The molecule has 0 spiro atoms. The van der Waals surface area contributed by atoms with Gasteiger partial charge in [0.25, 0.3) is 5.91 Å². The minimum atomic E-state index is -3.55. The normalized spacial score (nSPS) is 16.7. The van der Waals surface area contributed by atoms with Gasteiger partial charge >= 0.3 is 0 Å². The monoisotopic (exact) mass is 358 g/mol. The molecule has 0 radical (unpaired) electrons. The Labute approximate surface area is 148 Å². The van der Waals surface area contributed by atoms with E-state index < -0.39 is 10.0 Å². The predicted octanol–water partition coefficient (Wildman–Crippen LogP) is 2.79. The molecule has 5 nitrogen and oxygen atoms in total. The molecule has 1 aliphatic rings. The summed E-state index contributed by atoms with van der Waals surface area (Å²) in [5.74, 6) is -0.192. The molecule has 132 valence electrons. The summed E-state index contributed by atoms with van der Waals surface area (Å²) in [6.45, 7) is 3.53. The molecule has 1 aliphatic carbocycles. The Kier molecular flexibility index (Phi) is 4.92. The third kappa shape index (κ3) is 3.91. The van der Waals surface area contributed by atoms with Crippen LogP contribution in [0.3, 0.4) is 0 Å². The largest absolute Gasteiger partial charge is 0.345 e. The lowest BCUT2D eigenvalue weighted by Gasteiger charge is -2.14. The van der Waals surface area contributed by atoms with Crippen molar-refractivity contribution in [3.8, 4) is 0 Å². The van der Waals surface area contributed by atoms with E-state index in [9.17, 15) is 13.2 Å². The molecule has 1 atom stereocenters. The third-order valence-electron chi connectivity index (χ3n) is 4.26. The highest BCUT2D eigenvalue weighted by Crippen LogP contribution is 2.30. The zero-order valence-corrected chi connectivity index (χ0v) is 15.1. The summed E-state index contributed by atoms with van der Waals surface area (Å²) < 4.78 is 26.8. The van der Waals surface area contributed by atoms with Crippen molar-refractivity contribution in [2.45, 2.75) is 43.7 Å². The number of carbonyl (C=O) groups excluding carboxylic acids is 1. The van der Waals surface area contributed by atoms with Crippen molar-refractivity contribution < 1.29 is 13.2 Å². The van der Waals surface area contributed by atoms with Crippen LogP contribution >= 0.6 is 0 Å². The molecule has 0 saturated heterocycles. The van der Waals surface area contributed by atoms with Crippen LogP contribution in [-0.4, -0.2) is 20.4 Å². The Hall–Kier alpha value is -2.18. The second-order valence-corrected chi connectivity index (χ2v) is 8.28. The molecular weight excluding hydrogens is 336 g/mol. The molecule has 25 heavy (non-hydrogen) atoms. The molecule has 2 aromatic rings. The molecule has 0 fully saturated rings. The summed E-state index contributed by atoms with van der Waals surface area (Å²) in [5, 5.41) is 3.04. The fourth-order valence-corrected chi connectivity index (χ4v) is 4.36. The first kappa shape index (κ1) is 17.6. The van der Waals surface area contributed by atoms with Crippen molar-refractivity contribution in [2.24, 2.45) is 0 Å². The number of sulfonamides is 1. The van der Waals surface area contributed by atoms with Gasteiger partial charge in [0.1, 0.15) is 0 Å². The van der Waals surface area contributed by atoms with Gasteiger partial charge < -0.3 is 5.32 Å². The van der Waals surface area contributed by atoms with E-state index in [2.05, 4.69) is 16.1 Å². The van der Waals surface area contributed by atoms with Crippen LogP contribution in [0.1, 0.15) is 47.8 Å². The Morgan fingerprint density at radius 2 is 1.76 bits per heavy atom. The van der Waals surface area contributed by atoms with Gasteiger partial charge in [-0.15, -0.1) is 0 Å². The van der Waals surface area contributed by atoms with Gasteiger partial charge in [-0.1, -0.05) is 24.3 Å². The number of hydrogen-bond acceptors (Lipinski definition) is 3. The van der Waals surface area contributed by atoms with Crippen LogP contribution in [0.2, 0.25) is 0 Å². The van der Waals surface area contributed by atoms with Crippen LogP contribution < -0.4 is 10.0 Å². The summed E-state index contributed by atoms with van der Waals surface area (Å²) in [4.78, 5) is 12.6. The first-order valence-corrected chi connectivity index (χ1v) is 9.86. The van der Waals surface area contributed by atoms with Crippen molar-refractivity contribution in [3.63, 3.8) is 0 Å². The van der Waals surface area contributed by atoms with E-state index in [1.54, 1.807) is 26.0 Å². The summed E-state index contributed by atoms with van der Waals surface area (Å²) in [6, 6.07) is 14.0. The molecule has 2 aromatic carbocycles. The molecule has 1 amide bonds. The van der Waals surface area contributed by atoms with E-state index >= 15 is 0 Å². The molecule has 2 N–H and O–H groups in total. The van der Waals surface area contributed by atoms with Crippen LogP contribution in [0.25, 0.3) is 0 Å². The quantitative estimate of drug-likeness (QED) is 0.863. The van der Waals surface area contributed by atoms with Crippen LogP contribution in [0, 0.1) is 0 Å². The maximum atomic E-state index is 12.5. The zero-order valence-electron chi connectivity index (χ0n) is 14.3. The maximum Gasteiger partial charge on any atom is 0.251 e. The Morgan fingerprint density at radius 3 is 2.44 bits per heavy atom. The molecular formula is C19H22N2O3S. The van der Waals surface area contributed by atoms with Gasteiger partial charge in [0, 0.05) is 11.6 Å². The molecule has 0 aliphatic heterocycles. The van der Waals surface area contributed by atoms with E-state index in [0.717, 1.165) is 18.4 Å². The van der Waals surface area contributed by atoms with Crippen molar-refractivity contribution in [3.05, 3.63) is 65.2 Å². The van der Waals surface area contributed by atoms with Crippen LogP contribution in [0.15, 0.2) is 53.4 Å². The van der Waals surface area contributed by atoms with Crippen molar-refractivity contribution >= 4 is 15.9 Å².